The lowest BCUT2D eigenvalue weighted by Gasteiger charge is -2.29. The van der Waals surface area contributed by atoms with E-state index in [9.17, 15) is 9.59 Å². The molecule has 1 saturated carbocycles. The molecule has 88 valence electrons. The van der Waals surface area contributed by atoms with Crippen molar-refractivity contribution in [3.8, 4) is 0 Å². The van der Waals surface area contributed by atoms with E-state index < -0.39 is 0 Å². The first-order chi connectivity index (χ1) is 8.16. The lowest BCUT2D eigenvalue weighted by Crippen LogP contribution is -2.46. The molecule has 2 aliphatic rings. The molecular weight excluding hydrogens is 329 g/mol. The number of hydrogen-bond acceptors (Lipinski definition) is 2. The second-order valence-electron chi connectivity index (χ2n) is 4.70. The molecule has 2 atom stereocenters. The number of benzene rings is 1. The van der Waals surface area contributed by atoms with Crippen molar-refractivity contribution in [1.29, 1.82) is 0 Å². The van der Waals surface area contributed by atoms with Gasteiger partial charge in [0.15, 0.2) is 0 Å². The molecule has 1 aliphatic heterocycles. The highest BCUT2D eigenvalue weighted by Gasteiger charge is 2.45. The van der Waals surface area contributed by atoms with Crippen LogP contribution in [0.15, 0.2) is 24.3 Å². The number of halogens is 1. The molecule has 2 bridgehead atoms. The minimum atomic E-state index is -0.00930. The Bertz CT molecular complexity index is 461. The molecule has 1 aliphatic carbocycles. The fourth-order valence-corrected chi connectivity index (χ4v) is 3.11. The molecule has 1 aromatic carbocycles. The Kier molecular flexibility index (Phi) is 2.69. The van der Waals surface area contributed by atoms with Crippen LogP contribution >= 0.6 is 22.6 Å². The highest BCUT2D eigenvalue weighted by Crippen LogP contribution is 2.39. The van der Waals surface area contributed by atoms with Crippen molar-refractivity contribution in [2.75, 3.05) is 4.90 Å². The first kappa shape index (κ1) is 11.2. The van der Waals surface area contributed by atoms with Gasteiger partial charge in [-0.3, -0.25) is 14.5 Å². The Balaban J connectivity index is 1.99. The van der Waals surface area contributed by atoms with E-state index >= 15 is 0 Å². The maximum absolute atomic E-state index is 12.2. The lowest BCUT2D eigenvalue weighted by molar-refractivity contribution is -0.132. The van der Waals surface area contributed by atoms with Crippen LogP contribution in [0.4, 0.5) is 5.69 Å². The lowest BCUT2D eigenvalue weighted by atomic mass is 9.96. The summed E-state index contributed by atoms with van der Waals surface area (Å²) in [4.78, 5) is 25.8. The quantitative estimate of drug-likeness (QED) is 0.582. The van der Waals surface area contributed by atoms with Gasteiger partial charge in [-0.25, -0.2) is 0 Å². The zero-order chi connectivity index (χ0) is 12.0. The second-order valence-corrected chi connectivity index (χ2v) is 5.94. The molecule has 1 heterocycles. The van der Waals surface area contributed by atoms with E-state index in [1.54, 1.807) is 0 Å². The third-order valence-corrected chi connectivity index (χ3v) is 4.38. The number of hydrogen-bond donors (Lipinski definition) is 0. The number of imide groups is 1. The summed E-state index contributed by atoms with van der Waals surface area (Å²) in [6.07, 6.45) is 2.50. The van der Waals surface area contributed by atoms with Crippen LogP contribution in [-0.4, -0.2) is 11.8 Å². The van der Waals surface area contributed by atoms with E-state index in [1.807, 2.05) is 24.3 Å². The van der Waals surface area contributed by atoms with Crippen molar-refractivity contribution >= 4 is 40.1 Å². The molecule has 0 radical (unpaired) electrons. The summed E-state index contributed by atoms with van der Waals surface area (Å²) in [5, 5.41) is 0. The summed E-state index contributed by atoms with van der Waals surface area (Å²) in [7, 11) is 0. The van der Waals surface area contributed by atoms with Crippen LogP contribution in [0.2, 0.25) is 0 Å². The number of carbonyl (C=O) groups excluding carboxylic acids is 2. The smallest absolute Gasteiger partial charge is 0.236 e. The predicted octanol–water partition coefficient (Wildman–Crippen LogP) is 2.58. The van der Waals surface area contributed by atoms with Crippen molar-refractivity contribution in [2.24, 2.45) is 11.8 Å². The minimum absolute atomic E-state index is 0.00930. The van der Waals surface area contributed by atoms with E-state index in [2.05, 4.69) is 22.6 Å². The van der Waals surface area contributed by atoms with Crippen LogP contribution in [0, 0.1) is 15.4 Å². The summed E-state index contributed by atoms with van der Waals surface area (Å²) in [5.74, 6) is 0.115. The predicted molar refractivity (Wildman–Crippen MR) is 72.5 cm³/mol. The summed E-state index contributed by atoms with van der Waals surface area (Å²) >= 11 is 2.21. The maximum Gasteiger partial charge on any atom is 0.236 e. The number of amides is 2. The Morgan fingerprint density at radius 2 is 1.53 bits per heavy atom. The number of piperidine rings is 1. The van der Waals surface area contributed by atoms with E-state index in [0.29, 0.717) is 0 Å². The first-order valence-corrected chi connectivity index (χ1v) is 6.88. The number of rotatable bonds is 1. The van der Waals surface area contributed by atoms with Crippen molar-refractivity contribution in [3.63, 3.8) is 0 Å². The number of nitrogens with zero attached hydrogens (tertiary/aromatic N) is 1. The normalized spacial score (nSPS) is 27.7. The van der Waals surface area contributed by atoms with Gasteiger partial charge in [0.1, 0.15) is 0 Å². The third kappa shape index (κ3) is 1.78. The molecule has 3 rings (SSSR count). The zero-order valence-electron chi connectivity index (χ0n) is 9.23. The average molecular weight is 341 g/mol. The van der Waals surface area contributed by atoms with E-state index in [1.165, 1.54) is 4.90 Å². The SMILES string of the molecule is O=C1C2CCC(C2)C(=O)N1c1ccc(I)cc1. The van der Waals surface area contributed by atoms with Crippen LogP contribution < -0.4 is 4.90 Å². The largest absolute Gasteiger partial charge is 0.274 e. The van der Waals surface area contributed by atoms with Gasteiger partial charge in [0.25, 0.3) is 0 Å². The minimum Gasteiger partial charge on any atom is -0.274 e. The third-order valence-electron chi connectivity index (χ3n) is 3.66. The summed E-state index contributed by atoms with van der Waals surface area (Å²) in [6, 6.07) is 7.55. The van der Waals surface area contributed by atoms with Crippen LogP contribution in [0.5, 0.6) is 0 Å². The first-order valence-electron chi connectivity index (χ1n) is 5.80. The Morgan fingerprint density at radius 1 is 1.00 bits per heavy atom. The highest BCUT2D eigenvalue weighted by atomic mass is 127. The van der Waals surface area contributed by atoms with Crippen LogP contribution in [0.1, 0.15) is 19.3 Å². The molecule has 1 saturated heterocycles. The van der Waals surface area contributed by atoms with Gasteiger partial charge < -0.3 is 0 Å². The molecule has 4 heteroatoms. The topological polar surface area (TPSA) is 37.4 Å². The molecule has 0 N–H and O–H groups in total. The van der Waals surface area contributed by atoms with E-state index in [-0.39, 0.29) is 23.7 Å². The standard InChI is InChI=1S/C13H12INO2/c14-10-3-5-11(6-4-10)15-12(16)8-1-2-9(7-8)13(15)17/h3-6,8-9H,1-2,7H2. The zero-order valence-corrected chi connectivity index (χ0v) is 11.4. The summed E-state index contributed by atoms with van der Waals surface area (Å²) in [5.41, 5.74) is 0.719. The van der Waals surface area contributed by atoms with Crippen molar-refractivity contribution < 1.29 is 9.59 Å². The fourth-order valence-electron chi connectivity index (χ4n) is 2.75. The fraction of sp³-hybridized carbons (Fsp3) is 0.385. The molecule has 2 amide bonds. The van der Waals surface area contributed by atoms with Crippen molar-refractivity contribution in [2.45, 2.75) is 19.3 Å². The number of anilines is 1. The Labute approximate surface area is 113 Å². The van der Waals surface area contributed by atoms with Gasteiger partial charge in [0.05, 0.1) is 5.69 Å². The van der Waals surface area contributed by atoms with Gasteiger partial charge in [-0.05, 0) is 66.1 Å². The monoisotopic (exact) mass is 341 g/mol. The van der Waals surface area contributed by atoms with E-state index in [0.717, 1.165) is 28.5 Å². The molecule has 2 unspecified atom stereocenters. The van der Waals surface area contributed by atoms with Gasteiger partial charge in [0, 0.05) is 15.4 Å². The van der Waals surface area contributed by atoms with Crippen LogP contribution in [-0.2, 0) is 9.59 Å². The van der Waals surface area contributed by atoms with Crippen molar-refractivity contribution in [1.82, 2.24) is 0 Å². The maximum atomic E-state index is 12.2. The molecular formula is C13H12INO2. The van der Waals surface area contributed by atoms with Crippen LogP contribution in [0.3, 0.4) is 0 Å². The molecule has 17 heavy (non-hydrogen) atoms. The van der Waals surface area contributed by atoms with E-state index in [4.69, 9.17) is 0 Å². The highest BCUT2D eigenvalue weighted by molar-refractivity contribution is 14.1. The van der Waals surface area contributed by atoms with Crippen molar-refractivity contribution in [3.05, 3.63) is 27.8 Å². The van der Waals surface area contributed by atoms with Gasteiger partial charge in [-0.1, -0.05) is 0 Å². The summed E-state index contributed by atoms with van der Waals surface area (Å²) < 4.78 is 1.10. The Morgan fingerprint density at radius 3 is 2.06 bits per heavy atom. The van der Waals surface area contributed by atoms with Gasteiger partial charge in [-0.15, -0.1) is 0 Å². The van der Waals surface area contributed by atoms with Gasteiger partial charge in [-0.2, -0.15) is 0 Å². The Hall–Kier alpha value is -0.910. The molecule has 3 nitrogen and oxygen atoms in total. The van der Waals surface area contributed by atoms with Gasteiger partial charge >= 0.3 is 0 Å². The van der Waals surface area contributed by atoms with Crippen LogP contribution in [0.25, 0.3) is 0 Å². The molecule has 1 aromatic rings. The molecule has 2 fully saturated rings. The molecule has 0 spiro atoms. The number of carbonyl (C=O) groups is 2. The average Bonchev–Trinajstić information content (AvgIpc) is 2.76. The second kappa shape index (κ2) is 4.08. The number of fused-ring (bicyclic) bond motifs is 2. The van der Waals surface area contributed by atoms with Gasteiger partial charge in [0.2, 0.25) is 11.8 Å². The molecule has 0 aromatic heterocycles. The summed E-state index contributed by atoms with van der Waals surface area (Å²) in [6.45, 7) is 0.